The summed E-state index contributed by atoms with van der Waals surface area (Å²) in [5.41, 5.74) is 5.04. The lowest BCUT2D eigenvalue weighted by Crippen LogP contribution is -2.43. The zero-order chi connectivity index (χ0) is 32.1. The van der Waals surface area contributed by atoms with E-state index in [2.05, 4.69) is 67.7 Å². The number of ketones is 2. The van der Waals surface area contributed by atoms with Gasteiger partial charge in [-0.3, -0.25) is 14.5 Å². The summed E-state index contributed by atoms with van der Waals surface area (Å²) in [5, 5.41) is 3.37. The highest BCUT2D eigenvalue weighted by atomic mass is 16.6. The van der Waals surface area contributed by atoms with Gasteiger partial charge in [0.1, 0.15) is 11.4 Å². The van der Waals surface area contributed by atoms with Gasteiger partial charge in [0.15, 0.2) is 5.78 Å². The van der Waals surface area contributed by atoms with E-state index in [9.17, 15) is 14.4 Å². The Morgan fingerprint density at radius 3 is 1.89 bits per heavy atom. The minimum absolute atomic E-state index is 0.115. The molecule has 2 saturated heterocycles. The monoisotopic (exact) mass is 614 g/mol. The molecule has 0 aromatic heterocycles. The molecule has 0 unspecified atom stereocenters. The predicted octanol–water partition coefficient (Wildman–Crippen LogP) is 7.77. The maximum absolute atomic E-state index is 13.1. The van der Waals surface area contributed by atoms with Gasteiger partial charge < -0.3 is 10.1 Å². The van der Waals surface area contributed by atoms with Crippen LogP contribution in [-0.4, -0.2) is 53.3 Å². The molecular weight excluding hydrogens is 560 g/mol. The molecule has 1 N–H and O–H groups in total. The molecule has 0 saturated carbocycles. The smallest absolute Gasteiger partial charge is 0.410 e. The zero-order valence-corrected chi connectivity index (χ0v) is 28.1. The average molecular weight is 615 g/mol. The number of benzene rings is 2. The molecular formula is C39H54N2O4. The van der Waals surface area contributed by atoms with Gasteiger partial charge in [-0.15, -0.1) is 0 Å². The molecule has 4 aliphatic rings. The summed E-state index contributed by atoms with van der Waals surface area (Å²) >= 11 is 0. The van der Waals surface area contributed by atoms with Crippen molar-refractivity contribution in [2.75, 3.05) is 13.1 Å². The van der Waals surface area contributed by atoms with Crippen molar-refractivity contribution in [2.24, 2.45) is 11.8 Å². The fourth-order valence-corrected chi connectivity index (χ4v) is 7.93. The summed E-state index contributed by atoms with van der Waals surface area (Å²) in [6, 6.07) is 16.9. The number of amides is 1. The molecule has 0 radical (unpaired) electrons. The molecule has 0 bridgehead atoms. The Morgan fingerprint density at radius 1 is 0.800 bits per heavy atom. The minimum Gasteiger partial charge on any atom is -0.444 e. The van der Waals surface area contributed by atoms with E-state index in [4.69, 9.17) is 4.74 Å². The Bertz CT molecular complexity index is 1350. The van der Waals surface area contributed by atoms with Crippen molar-refractivity contribution in [3.63, 3.8) is 0 Å². The Kier molecular flexibility index (Phi) is 10.8. The Hall–Kier alpha value is -2.99. The Labute approximate surface area is 270 Å². The highest BCUT2D eigenvalue weighted by molar-refractivity contribution is 5.88. The van der Waals surface area contributed by atoms with Gasteiger partial charge in [0.25, 0.3) is 0 Å². The van der Waals surface area contributed by atoms with Crippen LogP contribution in [0.15, 0.2) is 48.5 Å². The molecule has 6 atom stereocenters. The van der Waals surface area contributed by atoms with Crippen LogP contribution < -0.4 is 5.32 Å². The molecule has 1 amide bonds. The largest absolute Gasteiger partial charge is 0.444 e. The number of likely N-dealkylation sites (tertiary alicyclic amines) is 1. The first-order valence-electron chi connectivity index (χ1n) is 17.4. The van der Waals surface area contributed by atoms with Gasteiger partial charge >= 0.3 is 6.09 Å². The SMILES string of the molecule is C[C@@H]1CN[C@H](C(=O)C[C@@H]2CCCc3ccccc32)C1.C[C@H]1C[C@@H](C(=O)C[C@@H]2CCCc3ccccc32)N(C(=O)OC(C)(C)C)C1. The van der Waals surface area contributed by atoms with Crippen LogP contribution in [0.25, 0.3) is 0 Å². The van der Waals surface area contributed by atoms with Crippen LogP contribution >= 0.6 is 0 Å². The molecule has 45 heavy (non-hydrogen) atoms. The third-order valence-corrected chi connectivity index (χ3v) is 10.1. The molecule has 244 valence electrons. The van der Waals surface area contributed by atoms with Crippen molar-refractivity contribution in [1.29, 1.82) is 0 Å². The van der Waals surface area contributed by atoms with Gasteiger partial charge in [-0.05, 0) is 125 Å². The molecule has 6 heteroatoms. The second-order valence-corrected chi connectivity index (χ2v) is 15.2. The standard InChI is InChI=1S/C22H31NO3.C17H23NO/c1-15-12-19(23(14-15)21(25)26-22(2,3)4)20(24)13-17-10-7-9-16-8-5-6-11-18(16)17;1-12-9-16(18-11-12)17(19)10-14-7-4-6-13-5-2-3-8-15(13)14/h5-6,8,11,15,17,19H,7,9-10,12-14H2,1-4H3;2-3,5,8,12,14,16,18H,4,6-7,9-11H2,1H3/t15-,17-,19-;12-,14-,16-/m00/s1. The zero-order valence-electron chi connectivity index (χ0n) is 28.1. The van der Waals surface area contributed by atoms with Gasteiger partial charge in [-0.1, -0.05) is 62.4 Å². The van der Waals surface area contributed by atoms with E-state index < -0.39 is 5.60 Å². The van der Waals surface area contributed by atoms with Gasteiger partial charge in [-0.2, -0.15) is 0 Å². The number of fused-ring (bicyclic) bond motifs is 2. The Balaban J connectivity index is 0.000000186. The van der Waals surface area contributed by atoms with E-state index in [1.54, 1.807) is 4.90 Å². The van der Waals surface area contributed by atoms with Crippen LogP contribution in [0.5, 0.6) is 0 Å². The van der Waals surface area contributed by atoms with E-state index in [-0.39, 0.29) is 29.9 Å². The normalized spacial score (nSPS) is 27.5. The minimum atomic E-state index is -0.543. The Morgan fingerprint density at radius 2 is 1.36 bits per heavy atom. The number of hydrogen-bond acceptors (Lipinski definition) is 5. The second kappa shape index (κ2) is 14.6. The van der Waals surface area contributed by atoms with Crippen LogP contribution in [0.2, 0.25) is 0 Å². The topological polar surface area (TPSA) is 75.7 Å². The van der Waals surface area contributed by atoms with Crippen molar-refractivity contribution in [3.05, 3.63) is 70.8 Å². The van der Waals surface area contributed by atoms with Gasteiger partial charge in [0.05, 0.1) is 12.1 Å². The van der Waals surface area contributed by atoms with E-state index in [0.717, 1.165) is 45.1 Å². The lowest BCUT2D eigenvalue weighted by molar-refractivity contribution is -0.124. The number of carbonyl (C=O) groups is 3. The number of hydrogen-bond donors (Lipinski definition) is 1. The molecule has 2 aliphatic heterocycles. The van der Waals surface area contributed by atoms with E-state index in [1.807, 2.05) is 20.8 Å². The molecule has 2 fully saturated rings. The summed E-state index contributed by atoms with van der Waals surface area (Å²) in [7, 11) is 0. The first-order valence-corrected chi connectivity index (χ1v) is 17.4. The van der Waals surface area contributed by atoms with Gasteiger partial charge in [0, 0.05) is 19.4 Å². The van der Waals surface area contributed by atoms with E-state index in [1.165, 1.54) is 41.5 Å². The van der Waals surface area contributed by atoms with Crippen molar-refractivity contribution >= 4 is 17.7 Å². The maximum Gasteiger partial charge on any atom is 0.410 e. The van der Waals surface area contributed by atoms with Crippen molar-refractivity contribution in [2.45, 2.75) is 128 Å². The van der Waals surface area contributed by atoms with Crippen molar-refractivity contribution in [3.8, 4) is 0 Å². The summed E-state index contributed by atoms with van der Waals surface area (Å²) in [6.07, 6.45) is 9.52. The number of Topliss-reactive ketones (excluding diaryl/α,β-unsaturated/α-hetero) is 2. The number of carbonyl (C=O) groups excluding carboxylic acids is 3. The molecule has 2 heterocycles. The molecule has 6 nitrogen and oxygen atoms in total. The molecule has 6 rings (SSSR count). The molecule has 2 aromatic carbocycles. The number of nitrogens with zero attached hydrogens (tertiary/aromatic N) is 1. The third-order valence-electron chi connectivity index (χ3n) is 10.1. The van der Waals surface area contributed by atoms with E-state index in [0.29, 0.717) is 36.5 Å². The summed E-state index contributed by atoms with van der Waals surface area (Å²) in [4.78, 5) is 39.7. The molecule has 2 aromatic rings. The number of nitrogens with one attached hydrogen (secondary N) is 1. The van der Waals surface area contributed by atoms with Crippen LogP contribution in [0.1, 0.15) is 120 Å². The van der Waals surface area contributed by atoms with Crippen molar-refractivity contribution < 1.29 is 19.1 Å². The maximum atomic E-state index is 13.1. The fraction of sp³-hybridized carbons (Fsp3) is 0.615. The lowest BCUT2D eigenvalue weighted by Gasteiger charge is -2.30. The van der Waals surface area contributed by atoms with Crippen LogP contribution in [0.4, 0.5) is 4.79 Å². The fourth-order valence-electron chi connectivity index (χ4n) is 7.93. The number of ether oxygens (including phenoxy) is 1. The van der Waals surface area contributed by atoms with Crippen LogP contribution in [0, 0.1) is 11.8 Å². The van der Waals surface area contributed by atoms with Gasteiger partial charge in [0.2, 0.25) is 0 Å². The highest BCUT2D eigenvalue weighted by Crippen LogP contribution is 2.37. The van der Waals surface area contributed by atoms with Gasteiger partial charge in [-0.25, -0.2) is 4.79 Å². The first kappa shape index (κ1) is 33.4. The molecule has 0 spiro atoms. The van der Waals surface area contributed by atoms with E-state index >= 15 is 0 Å². The summed E-state index contributed by atoms with van der Waals surface area (Å²) < 4.78 is 5.53. The lowest BCUT2D eigenvalue weighted by atomic mass is 9.79. The van der Waals surface area contributed by atoms with Crippen molar-refractivity contribution in [1.82, 2.24) is 10.2 Å². The number of rotatable bonds is 6. The molecule has 2 aliphatic carbocycles. The first-order chi connectivity index (χ1) is 21.5. The van der Waals surface area contributed by atoms with Crippen LogP contribution in [-0.2, 0) is 27.2 Å². The second-order valence-electron chi connectivity index (χ2n) is 15.2. The summed E-state index contributed by atoms with van der Waals surface area (Å²) in [6.45, 7) is 11.5. The predicted molar refractivity (Wildman–Crippen MR) is 180 cm³/mol. The highest BCUT2D eigenvalue weighted by Gasteiger charge is 2.40. The summed E-state index contributed by atoms with van der Waals surface area (Å²) in [5.74, 6) is 2.31. The van der Waals surface area contributed by atoms with Crippen LogP contribution in [0.3, 0.4) is 0 Å². The number of aryl methyl sites for hydroxylation is 2. The quantitative estimate of drug-likeness (QED) is 0.360. The third kappa shape index (κ3) is 8.64. The average Bonchev–Trinajstić information content (AvgIpc) is 3.63.